The lowest BCUT2D eigenvalue weighted by Crippen LogP contribution is -2.26. The molecule has 0 aliphatic rings. The molecule has 0 radical (unpaired) electrons. The predicted molar refractivity (Wildman–Crippen MR) is 95.2 cm³/mol. The number of H-pyrrole nitrogens is 1. The van der Waals surface area contributed by atoms with E-state index in [9.17, 15) is 13.2 Å². The molecular weight excluding hydrogens is 372 g/mol. The Balaban J connectivity index is 1.58. The summed E-state index contributed by atoms with van der Waals surface area (Å²) >= 11 is 0. The molecule has 0 amide bonds. The summed E-state index contributed by atoms with van der Waals surface area (Å²) in [5.74, 6) is -0.271. The standard InChI is InChI=1S/C17H14N4O5S/c1-21(10-11-8-15(20-26-11)13-4-2-3-7-18-13)27(23,24)12-5-6-14-16(9-12)25-17(22)19-14/h2-9H,10H2,1H3,(H,19,22). The lowest BCUT2D eigenvalue weighted by atomic mass is 10.2. The number of nitrogens with one attached hydrogen (secondary N) is 1. The number of benzene rings is 1. The molecule has 0 saturated carbocycles. The van der Waals surface area contributed by atoms with Crippen LogP contribution in [-0.4, -0.2) is 34.9 Å². The molecule has 0 aliphatic heterocycles. The molecule has 0 bridgehead atoms. The zero-order valence-electron chi connectivity index (χ0n) is 14.1. The Morgan fingerprint density at radius 1 is 1.15 bits per heavy atom. The van der Waals surface area contributed by atoms with Gasteiger partial charge in [-0.25, -0.2) is 13.2 Å². The molecule has 0 unspecified atom stereocenters. The van der Waals surface area contributed by atoms with E-state index in [-0.39, 0.29) is 17.0 Å². The summed E-state index contributed by atoms with van der Waals surface area (Å²) in [4.78, 5) is 17.9. The van der Waals surface area contributed by atoms with Gasteiger partial charge in [0.1, 0.15) is 5.69 Å². The van der Waals surface area contributed by atoms with Gasteiger partial charge in [-0.1, -0.05) is 11.2 Å². The highest BCUT2D eigenvalue weighted by molar-refractivity contribution is 7.89. The molecule has 0 aliphatic carbocycles. The van der Waals surface area contributed by atoms with E-state index in [1.165, 1.54) is 25.2 Å². The van der Waals surface area contributed by atoms with Crippen molar-refractivity contribution in [3.05, 3.63) is 65.0 Å². The third kappa shape index (κ3) is 3.27. The van der Waals surface area contributed by atoms with E-state index in [0.29, 0.717) is 22.7 Å². The van der Waals surface area contributed by atoms with Crippen molar-refractivity contribution in [2.45, 2.75) is 11.4 Å². The number of rotatable bonds is 5. The third-order valence-electron chi connectivity index (χ3n) is 3.97. The SMILES string of the molecule is CN(Cc1cc(-c2ccccn2)no1)S(=O)(=O)c1ccc2[nH]c(=O)oc2c1. The minimum atomic E-state index is -3.82. The molecule has 138 valence electrons. The number of pyridine rings is 1. The van der Waals surface area contributed by atoms with E-state index < -0.39 is 15.8 Å². The van der Waals surface area contributed by atoms with Crippen LogP contribution in [0.25, 0.3) is 22.5 Å². The maximum atomic E-state index is 12.8. The number of nitrogens with zero attached hydrogens (tertiary/aromatic N) is 3. The molecule has 1 aromatic carbocycles. The van der Waals surface area contributed by atoms with Gasteiger partial charge < -0.3 is 8.94 Å². The lowest BCUT2D eigenvalue weighted by molar-refractivity contribution is 0.344. The Morgan fingerprint density at radius 2 is 2.00 bits per heavy atom. The second kappa shape index (κ2) is 6.49. The minimum absolute atomic E-state index is 0.00437. The van der Waals surface area contributed by atoms with E-state index in [0.717, 1.165) is 4.31 Å². The third-order valence-corrected chi connectivity index (χ3v) is 5.76. The first kappa shape index (κ1) is 17.2. The van der Waals surface area contributed by atoms with Gasteiger partial charge in [-0.2, -0.15) is 4.31 Å². The number of hydrogen-bond acceptors (Lipinski definition) is 7. The molecule has 10 heteroatoms. The van der Waals surface area contributed by atoms with Gasteiger partial charge >= 0.3 is 5.76 Å². The highest BCUT2D eigenvalue weighted by atomic mass is 32.2. The number of oxazole rings is 1. The van der Waals surface area contributed by atoms with Crippen LogP contribution < -0.4 is 5.76 Å². The summed E-state index contributed by atoms with van der Waals surface area (Å²) in [5, 5.41) is 3.93. The number of aromatic nitrogens is 3. The zero-order chi connectivity index (χ0) is 19.0. The fraction of sp³-hybridized carbons (Fsp3) is 0.118. The largest absolute Gasteiger partial charge is 0.417 e. The van der Waals surface area contributed by atoms with Crippen molar-refractivity contribution in [3.63, 3.8) is 0 Å². The van der Waals surface area contributed by atoms with Crippen LogP contribution >= 0.6 is 0 Å². The van der Waals surface area contributed by atoms with Crippen LogP contribution in [-0.2, 0) is 16.6 Å². The first-order valence-electron chi connectivity index (χ1n) is 7.90. The summed E-state index contributed by atoms with van der Waals surface area (Å²) in [6.07, 6.45) is 1.63. The van der Waals surface area contributed by atoms with Gasteiger partial charge in [0.25, 0.3) is 0 Å². The predicted octanol–water partition coefficient (Wildman–Crippen LogP) is 1.99. The molecule has 1 N–H and O–H groups in total. The van der Waals surface area contributed by atoms with Crippen LogP contribution in [0, 0.1) is 0 Å². The number of fused-ring (bicyclic) bond motifs is 1. The smallest absolute Gasteiger partial charge is 0.408 e. The van der Waals surface area contributed by atoms with Crippen molar-refractivity contribution in [2.24, 2.45) is 0 Å². The van der Waals surface area contributed by atoms with Gasteiger partial charge in [-0.15, -0.1) is 0 Å². The molecule has 4 aromatic rings. The number of sulfonamides is 1. The average Bonchev–Trinajstić information content (AvgIpc) is 3.27. The summed E-state index contributed by atoms with van der Waals surface area (Å²) < 4.78 is 36.9. The fourth-order valence-electron chi connectivity index (χ4n) is 2.59. The van der Waals surface area contributed by atoms with Gasteiger partial charge in [-0.05, 0) is 24.3 Å². The van der Waals surface area contributed by atoms with Gasteiger partial charge in [0.2, 0.25) is 10.0 Å². The number of hydrogen-bond donors (Lipinski definition) is 1. The average molecular weight is 386 g/mol. The minimum Gasteiger partial charge on any atom is -0.408 e. The van der Waals surface area contributed by atoms with Crippen molar-refractivity contribution >= 4 is 21.1 Å². The van der Waals surface area contributed by atoms with Crippen molar-refractivity contribution in [3.8, 4) is 11.4 Å². The topological polar surface area (TPSA) is 122 Å². The van der Waals surface area contributed by atoms with Crippen LogP contribution in [0.3, 0.4) is 0 Å². The van der Waals surface area contributed by atoms with E-state index in [4.69, 9.17) is 8.94 Å². The Hall–Kier alpha value is -3.24. The number of aromatic amines is 1. The van der Waals surface area contributed by atoms with E-state index in [2.05, 4.69) is 15.1 Å². The van der Waals surface area contributed by atoms with Crippen molar-refractivity contribution in [1.82, 2.24) is 19.4 Å². The van der Waals surface area contributed by atoms with Crippen molar-refractivity contribution < 1.29 is 17.4 Å². The molecule has 0 saturated heterocycles. The van der Waals surface area contributed by atoms with Crippen LogP contribution in [0.1, 0.15) is 5.76 Å². The molecule has 3 aromatic heterocycles. The van der Waals surface area contributed by atoms with Crippen LogP contribution in [0.4, 0.5) is 0 Å². The zero-order valence-corrected chi connectivity index (χ0v) is 14.9. The Labute approximate surface area is 153 Å². The molecular formula is C17H14N4O5S. The van der Waals surface area contributed by atoms with Gasteiger partial charge in [0.05, 0.1) is 22.7 Å². The first-order chi connectivity index (χ1) is 12.9. The maximum absolute atomic E-state index is 12.8. The van der Waals surface area contributed by atoms with Crippen molar-refractivity contribution in [1.29, 1.82) is 0 Å². The van der Waals surface area contributed by atoms with Crippen LogP contribution in [0.5, 0.6) is 0 Å². The molecule has 27 heavy (non-hydrogen) atoms. The van der Waals surface area contributed by atoms with Gasteiger partial charge in [0.15, 0.2) is 11.3 Å². The van der Waals surface area contributed by atoms with Gasteiger partial charge in [0, 0.05) is 25.4 Å². The molecule has 3 heterocycles. The Morgan fingerprint density at radius 3 is 2.78 bits per heavy atom. The second-order valence-electron chi connectivity index (χ2n) is 5.83. The summed E-state index contributed by atoms with van der Waals surface area (Å²) in [6.45, 7) is -0.0166. The maximum Gasteiger partial charge on any atom is 0.417 e. The lowest BCUT2D eigenvalue weighted by Gasteiger charge is -2.15. The monoisotopic (exact) mass is 386 g/mol. The second-order valence-corrected chi connectivity index (χ2v) is 7.87. The summed E-state index contributed by atoms with van der Waals surface area (Å²) in [5.41, 5.74) is 1.75. The fourth-order valence-corrected chi connectivity index (χ4v) is 3.75. The van der Waals surface area contributed by atoms with Crippen LogP contribution in [0.2, 0.25) is 0 Å². The molecule has 4 rings (SSSR count). The summed E-state index contributed by atoms with van der Waals surface area (Å²) in [7, 11) is -2.39. The van der Waals surface area contributed by atoms with Crippen LogP contribution in [0.15, 0.2) is 67.3 Å². The Kier molecular flexibility index (Phi) is 4.13. The molecule has 0 atom stereocenters. The molecule has 0 fully saturated rings. The molecule has 0 spiro atoms. The normalized spacial score (nSPS) is 12.1. The Bertz CT molecular complexity index is 1260. The molecule has 9 nitrogen and oxygen atoms in total. The van der Waals surface area contributed by atoms with E-state index in [1.807, 2.05) is 6.07 Å². The summed E-state index contributed by atoms with van der Waals surface area (Å²) in [6, 6.07) is 11.2. The highest BCUT2D eigenvalue weighted by Crippen LogP contribution is 2.22. The van der Waals surface area contributed by atoms with E-state index >= 15 is 0 Å². The first-order valence-corrected chi connectivity index (χ1v) is 9.34. The van der Waals surface area contributed by atoms with Gasteiger partial charge in [-0.3, -0.25) is 9.97 Å². The van der Waals surface area contributed by atoms with Crippen molar-refractivity contribution in [2.75, 3.05) is 7.05 Å². The highest BCUT2D eigenvalue weighted by Gasteiger charge is 2.23. The quantitative estimate of drug-likeness (QED) is 0.556. The van der Waals surface area contributed by atoms with E-state index in [1.54, 1.807) is 24.4 Å².